The summed E-state index contributed by atoms with van der Waals surface area (Å²) < 4.78 is 0. The normalized spacial score (nSPS) is 12.4. The van der Waals surface area contributed by atoms with Crippen LogP contribution in [0.4, 0.5) is 22.1 Å². The molecule has 7 N–H and O–H groups in total. The van der Waals surface area contributed by atoms with Crippen LogP contribution in [-0.4, -0.2) is 27.8 Å². The van der Waals surface area contributed by atoms with Gasteiger partial charge in [0, 0.05) is 17.6 Å². The molecule has 2 amide bonds. The van der Waals surface area contributed by atoms with Gasteiger partial charge >= 0.3 is 6.03 Å². The van der Waals surface area contributed by atoms with Crippen LogP contribution in [0, 0.1) is 6.92 Å². The number of carbonyl (C=O) groups excluding carboxylic acids is 1. The van der Waals surface area contributed by atoms with E-state index in [9.17, 15) is 4.79 Å². The highest BCUT2D eigenvalue weighted by Crippen LogP contribution is 2.23. The van der Waals surface area contributed by atoms with E-state index in [2.05, 4.69) is 25.6 Å². The Balaban J connectivity index is 1.92. The van der Waals surface area contributed by atoms with Crippen LogP contribution < -0.4 is 27.1 Å². The van der Waals surface area contributed by atoms with Gasteiger partial charge in [0.25, 0.3) is 0 Å². The summed E-state index contributed by atoms with van der Waals surface area (Å²) in [7, 11) is 0. The molecular formula is C25H30N7O+. The molecule has 0 saturated carbocycles. The molecule has 8 heteroatoms. The Morgan fingerprint density at radius 1 is 1.03 bits per heavy atom. The molecule has 0 spiro atoms. The van der Waals surface area contributed by atoms with Gasteiger partial charge in [-0.15, -0.1) is 0 Å². The average Bonchev–Trinajstić information content (AvgIpc) is 2.75. The summed E-state index contributed by atoms with van der Waals surface area (Å²) in [5.41, 5.74) is 17.0. The Kier molecular flexibility index (Phi) is 7.07. The highest BCUT2D eigenvalue weighted by Gasteiger charge is 2.17. The van der Waals surface area contributed by atoms with Gasteiger partial charge in [-0.3, -0.25) is 0 Å². The number of rotatable bonds is 5. The molecule has 0 atom stereocenters. The van der Waals surface area contributed by atoms with Gasteiger partial charge in [-0.25, -0.2) is 19.8 Å². The largest absolute Gasteiger partial charge is 0.396 e. The first-order valence-corrected chi connectivity index (χ1v) is 10.6. The Labute approximate surface area is 193 Å². The van der Waals surface area contributed by atoms with E-state index in [-0.39, 0.29) is 17.5 Å². The highest BCUT2D eigenvalue weighted by molar-refractivity contribution is 6.17. The van der Waals surface area contributed by atoms with Crippen LogP contribution in [0.25, 0.3) is 11.3 Å². The molecule has 0 bridgehead atoms. The minimum Gasteiger partial charge on any atom is -0.396 e. The van der Waals surface area contributed by atoms with Crippen molar-refractivity contribution in [3.63, 3.8) is 0 Å². The fourth-order valence-corrected chi connectivity index (χ4v) is 2.96. The Bertz CT molecular complexity index is 1190. The predicted octanol–water partition coefficient (Wildman–Crippen LogP) is 2.79. The number of urea groups is 1. The zero-order valence-corrected chi connectivity index (χ0v) is 19.3. The lowest BCUT2D eigenvalue weighted by Gasteiger charge is -2.12. The van der Waals surface area contributed by atoms with Crippen LogP contribution in [-0.2, 0) is 0 Å². The molecule has 0 radical (unpaired) electrons. The molecule has 1 heterocycles. The summed E-state index contributed by atoms with van der Waals surface area (Å²) in [5, 5.41) is 5.70. The average molecular weight is 445 g/mol. The highest BCUT2D eigenvalue weighted by atomic mass is 16.2. The fraction of sp³-hybridized carbons (Fsp3) is 0.200. The monoisotopic (exact) mass is 444 g/mol. The number of hydrogen-bond donors (Lipinski definition) is 5. The quantitative estimate of drug-likeness (QED) is 0.386. The maximum atomic E-state index is 12.5. The molecule has 0 aliphatic heterocycles. The minimum absolute atomic E-state index is 0.141. The fourth-order valence-electron chi connectivity index (χ4n) is 2.96. The number of anilines is 3. The third-order valence-electron chi connectivity index (χ3n) is 4.63. The minimum atomic E-state index is -0.338. The zero-order valence-electron chi connectivity index (χ0n) is 19.3. The van der Waals surface area contributed by atoms with E-state index in [0.29, 0.717) is 28.3 Å². The van der Waals surface area contributed by atoms with Crippen LogP contribution in [0.2, 0.25) is 0 Å². The molecule has 2 aromatic carbocycles. The molecular weight excluding hydrogens is 414 g/mol. The summed E-state index contributed by atoms with van der Waals surface area (Å²) in [6.07, 6.45) is 3.41. The smallest absolute Gasteiger partial charge is 0.323 e. The van der Waals surface area contributed by atoms with Crippen molar-refractivity contribution < 1.29 is 9.79 Å². The van der Waals surface area contributed by atoms with Gasteiger partial charge in [0.1, 0.15) is 0 Å². The number of nitrogen functional groups attached to an aromatic ring is 1. The van der Waals surface area contributed by atoms with Crippen molar-refractivity contribution in [3.8, 4) is 0 Å². The molecule has 3 aromatic rings. The van der Waals surface area contributed by atoms with Crippen molar-refractivity contribution >= 4 is 40.8 Å². The second-order valence-corrected chi connectivity index (χ2v) is 8.69. The molecule has 0 saturated heterocycles. The maximum absolute atomic E-state index is 12.5. The number of amides is 2. The molecule has 0 fully saturated rings. The standard InChI is InChI=1S/C25H29N7O/c1-16-8-10-18(11-9-16)30-24(33)31-19-7-5-6-17(14-19)20(15-29-25(2,3)4)22(26)21-12-13-28-23(27)32-21/h5-15H,26H2,1-4H3,(H2,27,28,32)(H2,30,31,33)/p+1. The van der Waals surface area contributed by atoms with Crippen molar-refractivity contribution in [2.75, 3.05) is 16.4 Å². The molecule has 8 nitrogen and oxygen atoms in total. The number of aryl methyl sites for hydroxylation is 1. The number of nitrogens with one attached hydrogen (secondary N) is 3. The van der Waals surface area contributed by atoms with E-state index in [4.69, 9.17) is 11.5 Å². The van der Waals surface area contributed by atoms with Gasteiger partial charge in [0.15, 0.2) is 11.8 Å². The Hall–Kier alpha value is -4.20. The lowest BCUT2D eigenvalue weighted by molar-refractivity contribution is -0.533. The van der Waals surface area contributed by atoms with E-state index >= 15 is 0 Å². The van der Waals surface area contributed by atoms with Crippen molar-refractivity contribution in [3.05, 3.63) is 77.6 Å². The van der Waals surface area contributed by atoms with Gasteiger partial charge < -0.3 is 22.1 Å². The Morgan fingerprint density at radius 2 is 1.73 bits per heavy atom. The van der Waals surface area contributed by atoms with Gasteiger partial charge in [0.2, 0.25) is 5.95 Å². The number of allylic oxidation sites excluding steroid dienone is 1. The van der Waals surface area contributed by atoms with E-state index in [1.807, 2.05) is 82.4 Å². The summed E-state index contributed by atoms with van der Waals surface area (Å²) in [6.45, 7) is 8.14. The number of aromatic nitrogens is 2. The number of nitrogens with zero attached hydrogens (tertiary/aromatic N) is 2. The first kappa shape index (κ1) is 23.5. The van der Waals surface area contributed by atoms with E-state index in [1.165, 1.54) is 0 Å². The second-order valence-electron chi connectivity index (χ2n) is 8.69. The van der Waals surface area contributed by atoms with E-state index in [0.717, 1.165) is 11.1 Å². The van der Waals surface area contributed by atoms with Crippen molar-refractivity contribution in [2.45, 2.75) is 33.2 Å². The van der Waals surface area contributed by atoms with Crippen LogP contribution in [0.15, 0.2) is 60.8 Å². The van der Waals surface area contributed by atoms with Gasteiger partial charge in [-0.05, 0) is 63.6 Å². The molecule has 0 unspecified atom stereocenters. The third kappa shape index (κ3) is 6.90. The van der Waals surface area contributed by atoms with Crippen LogP contribution in [0.1, 0.15) is 37.6 Å². The molecule has 3 rings (SSSR count). The molecule has 33 heavy (non-hydrogen) atoms. The second kappa shape index (κ2) is 9.95. The zero-order chi connectivity index (χ0) is 24.0. The van der Waals surface area contributed by atoms with Gasteiger partial charge in [-0.1, -0.05) is 29.8 Å². The van der Waals surface area contributed by atoms with Gasteiger partial charge in [0.05, 0.1) is 17.0 Å². The Morgan fingerprint density at radius 3 is 2.39 bits per heavy atom. The SMILES string of the molecule is Cc1ccc(NC(=O)Nc2cccc(C(C=[NH+]C(C)(C)C)=C(N)c3ccnc(N)n3)c2)cc1. The van der Waals surface area contributed by atoms with Crippen LogP contribution in [0.3, 0.4) is 0 Å². The summed E-state index contributed by atoms with van der Waals surface area (Å²) in [4.78, 5) is 24.0. The van der Waals surface area contributed by atoms with Crippen molar-refractivity contribution in [1.29, 1.82) is 0 Å². The number of carbonyl (C=O) groups is 1. The summed E-state index contributed by atoms with van der Waals surface area (Å²) >= 11 is 0. The van der Waals surface area contributed by atoms with Crippen molar-refractivity contribution in [1.82, 2.24) is 9.97 Å². The van der Waals surface area contributed by atoms with Crippen molar-refractivity contribution in [2.24, 2.45) is 5.73 Å². The third-order valence-corrected chi connectivity index (χ3v) is 4.63. The lowest BCUT2D eigenvalue weighted by atomic mass is 10.0. The first-order valence-electron chi connectivity index (χ1n) is 10.6. The number of nitrogens with two attached hydrogens (primary N) is 2. The van der Waals surface area contributed by atoms with Gasteiger partial charge in [-0.2, -0.15) is 0 Å². The first-order chi connectivity index (χ1) is 15.6. The maximum Gasteiger partial charge on any atom is 0.323 e. The summed E-state index contributed by atoms with van der Waals surface area (Å²) in [6, 6.07) is 16.4. The molecule has 170 valence electrons. The predicted molar refractivity (Wildman–Crippen MR) is 134 cm³/mol. The van der Waals surface area contributed by atoms with Crippen LogP contribution in [0.5, 0.6) is 0 Å². The molecule has 0 aliphatic rings. The topological polar surface area (TPSA) is 133 Å². The lowest BCUT2D eigenvalue weighted by Crippen LogP contribution is -2.81. The summed E-state index contributed by atoms with van der Waals surface area (Å²) in [5.74, 6) is 0.141. The number of hydrogen-bond acceptors (Lipinski definition) is 5. The molecule has 1 aromatic heterocycles. The van der Waals surface area contributed by atoms with Crippen LogP contribution >= 0.6 is 0 Å². The van der Waals surface area contributed by atoms with E-state index < -0.39 is 0 Å². The van der Waals surface area contributed by atoms with E-state index in [1.54, 1.807) is 12.3 Å². The molecule has 0 aliphatic carbocycles. The number of benzene rings is 2.